The summed E-state index contributed by atoms with van der Waals surface area (Å²) in [6.45, 7) is 1.98. The summed E-state index contributed by atoms with van der Waals surface area (Å²) in [5.41, 5.74) is 1.63. The molecular formula is C21H22Cl2N2O4S. The molecule has 1 fully saturated rings. The second-order valence-electron chi connectivity index (χ2n) is 6.70. The Labute approximate surface area is 186 Å². The molecule has 0 atom stereocenters. The maximum absolute atomic E-state index is 12.6. The Bertz CT molecular complexity index is 1020. The SMILES string of the molecule is O=C(/C=C/c1ccc(Cl)cc1Cl)NCCc1ccc(S(=O)(=O)N2CCOCC2)cc1. The number of hydrogen-bond donors (Lipinski definition) is 1. The number of ether oxygens (including phenoxy) is 1. The third-order valence-corrected chi connectivity index (χ3v) is 7.10. The first-order valence-corrected chi connectivity index (χ1v) is 11.6. The van der Waals surface area contributed by atoms with E-state index in [2.05, 4.69) is 5.32 Å². The molecule has 2 aromatic rings. The summed E-state index contributed by atoms with van der Waals surface area (Å²) in [7, 11) is -3.50. The van der Waals surface area contributed by atoms with Crippen molar-refractivity contribution in [1.29, 1.82) is 0 Å². The monoisotopic (exact) mass is 468 g/mol. The molecule has 1 amide bonds. The fourth-order valence-electron chi connectivity index (χ4n) is 2.96. The molecule has 1 aliphatic rings. The Morgan fingerprint density at radius 3 is 2.47 bits per heavy atom. The molecule has 0 spiro atoms. The lowest BCUT2D eigenvalue weighted by molar-refractivity contribution is -0.116. The van der Waals surface area contributed by atoms with E-state index in [0.29, 0.717) is 54.9 Å². The zero-order chi connectivity index (χ0) is 21.6. The zero-order valence-electron chi connectivity index (χ0n) is 16.2. The number of nitrogens with one attached hydrogen (secondary N) is 1. The van der Waals surface area contributed by atoms with Gasteiger partial charge in [-0.25, -0.2) is 8.42 Å². The van der Waals surface area contributed by atoms with Crippen LogP contribution in [-0.2, 0) is 26.0 Å². The maximum atomic E-state index is 12.6. The van der Waals surface area contributed by atoms with Gasteiger partial charge < -0.3 is 10.1 Å². The second kappa shape index (κ2) is 10.4. The minimum atomic E-state index is -3.50. The van der Waals surface area contributed by atoms with E-state index in [1.807, 2.05) is 0 Å². The molecule has 0 bridgehead atoms. The van der Waals surface area contributed by atoms with Crippen molar-refractivity contribution in [2.24, 2.45) is 0 Å². The van der Waals surface area contributed by atoms with Crippen LogP contribution in [0.4, 0.5) is 0 Å². The molecule has 1 saturated heterocycles. The number of nitrogens with zero attached hydrogens (tertiary/aromatic N) is 1. The van der Waals surface area contributed by atoms with Crippen molar-refractivity contribution in [1.82, 2.24) is 9.62 Å². The highest BCUT2D eigenvalue weighted by molar-refractivity contribution is 7.89. The fourth-order valence-corrected chi connectivity index (χ4v) is 4.83. The molecule has 0 saturated carbocycles. The van der Waals surface area contributed by atoms with Gasteiger partial charge in [-0.3, -0.25) is 4.79 Å². The Hall–Kier alpha value is -1.90. The highest BCUT2D eigenvalue weighted by Gasteiger charge is 2.25. The number of amides is 1. The van der Waals surface area contributed by atoms with E-state index in [0.717, 1.165) is 5.56 Å². The number of hydrogen-bond acceptors (Lipinski definition) is 4. The molecule has 160 valence electrons. The smallest absolute Gasteiger partial charge is 0.244 e. The van der Waals surface area contributed by atoms with E-state index >= 15 is 0 Å². The molecule has 9 heteroatoms. The number of morpholine rings is 1. The van der Waals surface area contributed by atoms with E-state index in [1.165, 1.54) is 10.4 Å². The first-order valence-electron chi connectivity index (χ1n) is 9.44. The topological polar surface area (TPSA) is 75.7 Å². The van der Waals surface area contributed by atoms with Gasteiger partial charge in [-0.05, 0) is 47.9 Å². The van der Waals surface area contributed by atoms with Gasteiger partial charge in [0.1, 0.15) is 0 Å². The molecule has 6 nitrogen and oxygen atoms in total. The summed E-state index contributed by atoms with van der Waals surface area (Å²) in [6, 6.07) is 11.8. The first kappa shape index (κ1) is 22.8. The predicted octanol–water partition coefficient (Wildman–Crippen LogP) is 3.39. The van der Waals surface area contributed by atoms with Gasteiger partial charge in [0.25, 0.3) is 0 Å². The summed E-state index contributed by atoms with van der Waals surface area (Å²) in [4.78, 5) is 12.2. The van der Waals surface area contributed by atoms with Gasteiger partial charge in [0.15, 0.2) is 0 Å². The summed E-state index contributed by atoms with van der Waals surface area (Å²) in [5, 5.41) is 3.80. The lowest BCUT2D eigenvalue weighted by Gasteiger charge is -2.26. The average Bonchev–Trinajstić information content (AvgIpc) is 2.74. The third-order valence-electron chi connectivity index (χ3n) is 4.62. The van der Waals surface area contributed by atoms with Crippen molar-refractivity contribution in [2.75, 3.05) is 32.8 Å². The number of carbonyl (C=O) groups excluding carboxylic acids is 1. The van der Waals surface area contributed by atoms with E-state index < -0.39 is 10.0 Å². The van der Waals surface area contributed by atoms with Crippen LogP contribution >= 0.6 is 23.2 Å². The summed E-state index contributed by atoms with van der Waals surface area (Å²) >= 11 is 11.9. The van der Waals surface area contributed by atoms with Crippen LogP contribution in [0.1, 0.15) is 11.1 Å². The lowest BCUT2D eigenvalue weighted by Crippen LogP contribution is -2.40. The van der Waals surface area contributed by atoms with E-state index in [4.69, 9.17) is 27.9 Å². The molecule has 2 aromatic carbocycles. The summed E-state index contributed by atoms with van der Waals surface area (Å²) < 4.78 is 31.9. The van der Waals surface area contributed by atoms with Crippen molar-refractivity contribution in [3.8, 4) is 0 Å². The first-order chi connectivity index (χ1) is 14.4. The predicted molar refractivity (Wildman–Crippen MR) is 118 cm³/mol. The van der Waals surface area contributed by atoms with Crippen LogP contribution < -0.4 is 5.32 Å². The normalized spacial score (nSPS) is 15.4. The van der Waals surface area contributed by atoms with Crippen LogP contribution in [0.2, 0.25) is 10.0 Å². The quantitative estimate of drug-likeness (QED) is 0.631. The molecule has 1 N–H and O–H groups in total. The van der Waals surface area contributed by atoms with Crippen molar-refractivity contribution in [3.63, 3.8) is 0 Å². The van der Waals surface area contributed by atoms with Crippen LogP contribution in [0, 0.1) is 0 Å². The Morgan fingerprint density at radius 1 is 1.10 bits per heavy atom. The van der Waals surface area contributed by atoms with Crippen LogP contribution in [-0.4, -0.2) is 51.5 Å². The Morgan fingerprint density at radius 2 is 1.80 bits per heavy atom. The number of sulfonamides is 1. The minimum absolute atomic E-state index is 0.243. The fraction of sp³-hybridized carbons (Fsp3) is 0.286. The number of carbonyl (C=O) groups is 1. The van der Waals surface area contributed by atoms with Gasteiger partial charge in [0.05, 0.1) is 18.1 Å². The van der Waals surface area contributed by atoms with E-state index in [9.17, 15) is 13.2 Å². The molecule has 1 heterocycles. The zero-order valence-corrected chi connectivity index (χ0v) is 18.5. The van der Waals surface area contributed by atoms with Gasteiger partial charge in [0.2, 0.25) is 15.9 Å². The van der Waals surface area contributed by atoms with Crippen molar-refractivity contribution < 1.29 is 17.9 Å². The molecule has 0 aromatic heterocycles. The second-order valence-corrected chi connectivity index (χ2v) is 9.48. The molecule has 0 aliphatic carbocycles. The van der Waals surface area contributed by atoms with E-state index in [1.54, 1.807) is 48.5 Å². The highest BCUT2D eigenvalue weighted by atomic mass is 35.5. The maximum Gasteiger partial charge on any atom is 0.244 e. The third kappa shape index (κ3) is 6.06. The lowest BCUT2D eigenvalue weighted by atomic mass is 10.1. The molecule has 30 heavy (non-hydrogen) atoms. The number of rotatable bonds is 7. The van der Waals surface area contributed by atoms with Gasteiger partial charge in [-0.1, -0.05) is 41.4 Å². The van der Waals surface area contributed by atoms with Gasteiger partial charge in [-0.2, -0.15) is 4.31 Å². The van der Waals surface area contributed by atoms with Crippen LogP contribution in [0.25, 0.3) is 6.08 Å². The molecular weight excluding hydrogens is 447 g/mol. The Kier molecular flexibility index (Phi) is 7.91. The largest absolute Gasteiger partial charge is 0.379 e. The van der Waals surface area contributed by atoms with Crippen LogP contribution in [0.15, 0.2) is 53.4 Å². The van der Waals surface area contributed by atoms with Crippen LogP contribution in [0.5, 0.6) is 0 Å². The number of benzene rings is 2. The highest BCUT2D eigenvalue weighted by Crippen LogP contribution is 2.22. The molecule has 0 radical (unpaired) electrons. The van der Waals surface area contributed by atoms with Crippen molar-refractivity contribution in [3.05, 3.63) is 69.7 Å². The van der Waals surface area contributed by atoms with E-state index in [-0.39, 0.29) is 10.8 Å². The van der Waals surface area contributed by atoms with Gasteiger partial charge in [-0.15, -0.1) is 0 Å². The molecule has 0 unspecified atom stereocenters. The Balaban J connectivity index is 1.50. The van der Waals surface area contributed by atoms with Crippen molar-refractivity contribution in [2.45, 2.75) is 11.3 Å². The standard InChI is InChI=1S/C21H22Cl2N2O4S/c22-18-5-3-17(20(23)15-18)4-8-21(26)24-10-9-16-1-6-19(7-2-16)30(27,28)25-11-13-29-14-12-25/h1-8,15H,9-14H2,(H,24,26)/b8-4+. The minimum Gasteiger partial charge on any atom is -0.379 e. The van der Waals surface area contributed by atoms with Crippen LogP contribution in [0.3, 0.4) is 0 Å². The molecule has 1 aliphatic heterocycles. The van der Waals surface area contributed by atoms with Gasteiger partial charge in [0, 0.05) is 35.8 Å². The van der Waals surface area contributed by atoms with Gasteiger partial charge >= 0.3 is 0 Å². The molecule has 3 rings (SSSR count). The summed E-state index contributed by atoms with van der Waals surface area (Å²) in [6.07, 6.45) is 3.62. The average molecular weight is 469 g/mol. The number of halogens is 2. The summed E-state index contributed by atoms with van der Waals surface area (Å²) in [5.74, 6) is -0.243. The van der Waals surface area contributed by atoms with Crippen molar-refractivity contribution >= 4 is 45.2 Å².